The molecular formula is C21H27N5O4S. The van der Waals surface area contributed by atoms with Gasteiger partial charge >= 0.3 is 0 Å². The fourth-order valence-corrected chi connectivity index (χ4v) is 3.46. The molecule has 9 nitrogen and oxygen atoms in total. The van der Waals surface area contributed by atoms with E-state index in [1.807, 2.05) is 62.4 Å². The van der Waals surface area contributed by atoms with Crippen LogP contribution in [0.25, 0.3) is 0 Å². The van der Waals surface area contributed by atoms with E-state index in [2.05, 4.69) is 20.7 Å². The number of aromatic nitrogens is 3. The molecule has 3 aromatic rings. The third-order valence-electron chi connectivity index (χ3n) is 4.26. The van der Waals surface area contributed by atoms with E-state index in [1.165, 1.54) is 0 Å². The molecule has 0 spiro atoms. The summed E-state index contributed by atoms with van der Waals surface area (Å²) < 4.78 is 36.0. The zero-order valence-corrected chi connectivity index (χ0v) is 18.6. The second-order valence-corrected chi connectivity index (χ2v) is 8.54. The molecule has 0 aliphatic heterocycles. The van der Waals surface area contributed by atoms with Crippen LogP contribution in [0.4, 0.5) is 11.9 Å². The Bertz CT molecular complexity index is 1080. The van der Waals surface area contributed by atoms with E-state index in [0.29, 0.717) is 26.3 Å². The zero-order valence-electron chi connectivity index (χ0n) is 17.8. The third kappa shape index (κ3) is 6.35. The minimum Gasteiger partial charge on any atom is -0.494 e. The second-order valence-electron chi connectivity index (χ2n) is 6.73. The maximum Gasteiger partial charge on any atom is 0.254 e. The van der Waals surface area contributed by atoms with Gasteiger partial charge in [-0.1, -0.05) is 24.3 Å². The average molecular weight is 446 g/mol. The van der Waals surface area contributed by atoms with Crippen molar-refractivity contribution in [3.8, 4) is 11.5 Å². The summed E-state index contributed by atoms with van der Waals surface area (Å²) in [6.07, 6.45) is 1.08. The first kappa shape index (κ1) is 22.4. The SMILES string of the molecule is CCOc1ccc(CNc2nc(NCc3ccc(OCC)cc3)n(S(C)(=O)=O)n2)cc1. The van der Waals surface area contributed by atoms with Crippen molar-refractivity contribution in [1.29, 1.82) is 0 Å². The van der Waals surface area contributed by atoms with Crippen LogP contribution < -0.4 is 20.1 Å². The molecule has 1 heterocycles. The molecule has 10 heteroatoms. The van der Waals surface area contributed by atoms with Gasteiger partial charge in [-0.3, -0.25) is 0 Å². The molecule has 0 unspecified atom stereocenters. The number of benzene rings is 2. The predicted molar refractivity (Wildman–Crippen MR) is 120 cm³/mol. The highest BCUT2D eigenvalue weighted by molar-refractivity contribution is 7.89. The van der Waals surface area contributed by atoms with Gasteiger partial charge in [-0.05, 0) is 49.2 Å². The van der Waals surface area contributed by atoms with Crippen LogP contribution in [-0.4, -0.2) is 42.1 Å². The predicted octanol–water partition coefficient (Wildman–Crippen LogP) is 3.11. The molecule has 1 aromatic heterocycles. The summed E-state index contributed by atoms with van der Waals surface area (Å²) in [5, 5.41) is 10.2. The largest absolute Gasteiger partial charge is 0.494 e. The fraction of sp³-hybridized carbons (Fsp3) is 0.333. The minimum absolute atomic E-state index is 0.144. The Morgan fingerprint density at radius 1 is 0.839 bits per heavy atom. The summed E-state index contributed by atoms with van der Waals surface area (Å²) in [4.78, 5) is 4.30. The van der Waals surface area contributed by atoms with Crippen LogP contribution in [-0.2, 0) is 23.1 Å². The van der Waals surface area contributed by atoms with Crippen molar-refractivity contribution in [3.63, 3.8) is 0 Å². The Morgan fingerprint density at radius 2 is 1.32 bits per heavy atom. The second kappa shape index (κ2) is 10.2. The summed E-state index contributed by atoms with van der Waals surface area (Å²) in [6, 6.07) is 15.2. The average Bonchev–Trinajstić information content (AvgIpc) is 3.17. The highest BCUT2D eigenvalue weighted by atomic mass is 32.2. The molecule has 0 amide bonds. The third-order valence-corrected chi connectivity index (χ3v) is 5.15. The number of anilines is 2. The van der Waals surface area contributed by atoms with Crippen LogP contribution in [0, 0.1) is 0 Å². The number of nitrogens with one attached hydrogen (secondary N) is 2. The van der Waals surface area contributed by atoms with Gasteiger partial charge < -0.3 is 20.1 Å². The highest BCUT2D eigenvalue weighted by Gasteiger charge is 2.17. The molecule has 2 aromatic carbocycles. The Hall–Kier alpha value is -3.27. The highest BCUT2D eigenvalue weighted by Crippen LogP contribution is 2.17. The molecule has 0 bridgehead atoms. The van der Waals surface area contributed by atoms with Crippen molar-refractivity contribution < 1.29 is 17.9 Å². The lowest BCUT2D eigenvalue weighted by Crippen LogP contribution is -2.16. The van der Waals surface area contributed by atoms with Crippen LogP contribution in [0.1, 0.15) is 25.0 Å². The van der Waals surface area contributed by atoms with Crippen LogP contribution in [0.15, 0.2) is 48.5 Å². The van der Waals surface area contributed by atoms with Crippen molar-refractivity contribution in [1.82, 2.24) is 14.2 Å². The molecule has 166 valence electrons. The Balaban J connectivity index is 1.67. The van der Waals surface area contributed by atoms with E-state index < -0.39 is 10.0 Å². The lowest BCUT2D eigenvalue weighted by molar-refractivity contribution is 0.340. The normalized spacial score (nSPS) is 11.2. The maximum atomic E-state index is 12.1. The monoisotopic (exact) mass is 445 g/mol. The number of rotatable bonds is 11. The van der Waals surface area contributed by atoms with Gasteiger partial charge in [-0.25, -0.2) is 8.42 Å². The van der Waals surface area contributed by atoms with Crippen molar-refractivity contribution >= 4 is 21.9 Å². The first-order valence-corrected chi connectivity index (χ1v) is 11.8. The number of nitrogens with zero attached hydrogens (tertiary/aromatic N) is 3. The van der Waals surface area contributed by atoms with Crippen LogP contribution in [0.3, 0.4) is 0 Å². The first-order valence-electron chi connectivity index (χ1n) is 9.98. The first-order chi connectivity index (χ1) is 14.9. The van der Waals surface area contributed by atoms with Gasteiger partial charge in [-0.2, -0.15) is 4.98 Å². The van der Waals surface area contributed by atoms with Crippen molar-refractivity contribution in [3.05, 3.63) is 59.7 Å². The number of ether oxygens (including phenoxy) is 2. The molecular weight excluding hydrogens is 418 g/mol. The summed E-state index contributed by atoms with van der Waals surface area (Å²) in [7, 11) is -3.62. The molecule has 0 saturated heterocycles. The maximum absolute atomic E-state index is 12.1. The fourth-order valence-electron chi connectivity index (χ4n) is 2.81. The quantitative estimate of drug-likeness (QED) is 0.464. The van der Waals surface area contributed by atoms with Gasteiger partial charge in [0.1, 0.15) is 11.5 Å². The molecule has 0 atom stereocenters. The van der Waals surface area contributed by atoms with Gasteiger partial charge in [0.25, 0.3) is 10.0 Å². The van der Waals surface area contributed by atoms with E-state index >= 15 is 0 Å². The summed E-state index contributed by atoms with van der Waals surface area (Å²) >= 11 is 0. The van der Waals surface area contributed by atoms with E-state index in [1.54, 1.807) is 0 Å². The van der Waals surface area contributed by atoms with E-state index in [0.717, 1.165) is 33.0 Å². The smallest absolute Gasteiger partial charge is 0.254 e. The Labute approximate surface area is 182 Å². The van der Waals surface area contributed by atoms with Crippen molar-refractivity contribution in [2.75, 3.05) is 30.1 Å². The van der Waals surface area contributed by atoms with Gasteiger partial charge in [0, 0.05) is 13.1 Å². The Morgan fingerprint density at radius 3 is 1.77 bits per heavy atom. The van der Waals surface area contributed by atoms with Crippen molar-refractivity contribution in [2.24, 2.45) is 0 Å². The van der Waals surface area contributed by atoms with Crippen LogP contribution in [0.2, 0.25) is 0 Å². The van der Waals surface area contributed by atoms with E-state index in [-0.39, 0.29) is 11.9 Å². The van der Waals surface area contributed by atoms with Gasteiger partial charge in [-0.15, -0.1) is 9.19 Å². The lowest BCUT2D eigenvalue weighted by Gasteiger charge is -2.07. The molecule has 0 aliphatic rings. The van der Waals surface area contributed by atoms with E-state index in [4.69, 9.17) is 9.47 Å². The van der Waals surface area contributed by atoms with Gasteiger partial charge in [0.15, 0.2) is 0 Å². The molecule has 0 aliphatic carbocycles. The zero-order chi connectivity index (χ0) is 22.3. The van der Waals surface area contributed by atoms with Gasteiger partial charge in [0.2, 0.25) is 11.9 Å². The van der Waals surface area contributed by atoms with Crippen LogP contribution >= 0.6 is 0 Å². The Kier molecular flexibility index (Phi) is 7.35. The number of hydrogen-bond donors (Lipinski definition) is 2. The summed E-state index contributed by atoms with van der Waals surface area (Å²) in [6.45, 7) is 5.89. The van der Waals surface area contributed by atoms with E-state index in [9.17, 15) is 8.42 Å². The molecule has 2 N–H and O–H groups in total. The molecule has 3 rings (SSSR count). The lowest BCUT2D eigenvalue weighted by atomic mass is 10.2. The molecule has 0 radical (unpaired) electrons. The number of hydrogen-bond acceptors (Lipinski definition) is 8. The van der Waals surface area contributed by atoms with Crippen molar-refractivity contribution in [2.45, 2.75) is 26.9 Å². The molecule has 31 heavy (non-hydrogen) atoms. The summed E-state index contributed by atoms with van der Waals surface area (Å²) in [5.74, 6) is 1.94. The molecule has 0 fully saturated rings. The topological polar surface area (TPSA) is 107 Å². The van der Waals surface area contributed by atoms with Crippen LogP contribution in [0.5, 0.6) is 11.5 Å². The summed E-state index contributed by atoms with van der Waals surface area (Å²) in [5.41, 5.74) is 1.94. The van der Waals surface area contributed by atoms with Gasteiger partial charge in [0.05, 0.1) is 19.5 Å². The minimum atomic E-state index is -3.62. The standard InChI is InChI=1S/C21H27N5O4S/c1-4-29-18-10-6-16(7-11-18)14-22-20-24-21(26(25-20)31(3,27)28)23-15-17-8-12-19(13-9-17)30-5-2/h6-13H,4-5,14-15H2,1-3H3,(H2,22,23,24,25). The molecule has 0 saturated carbocycles.